The Kier molecular flexibility index (Phi) is 4.72. The molecule has 4 atom stereocenters. The summed E-state index contributed by atoms with van der Waals surface area (Å²) in [6, 6.07) is 19.6. The molecule has 3 heteroatoms. The fraction of sp³-hybridized carbons (Fsp3) is 0.423. The third-order valence-electron chi connectivity index (χ3n) is 7.79. The molecule has 2 fully saturated rings. The molecule has 3 aliphatic rings. The summed E-state index contributed by atoms with van der Waals surface area (Å²) in [5.41, 5.74) is 3.05. The summed E-state index contributed by atoms with van der Waals surface area (Å²) >= 11 is 0.369. The van der Waals surface area contributed by atoms with E-state index in [0.29, 0.717) is 32.3 Å². The third kappa shape index (κ3) is 3.02. The normalized spacial score (nSPS) is 31.7. The van der Waals surface area contributed by atoms with E-state index in [4.69, 9.17) is 9.73 Å². The van der Waals surface area contributed by atoms with Crippen molar-refractivity contribution in [1.29, 1.82) is 0 Å². The van der Waals surface area contributed by atoms with Crippen LogP contribution in [0.4, 0.5) is 0 Å². The van der Waals surface area contributed by atoms with Crippen LogP contribution in [0.3, 0.4) is 0 Å². The molecule has 2 aromatic carbocycles. The molecule has 0 aromatic heterocycles. The first-order valence-electron chi connectivity index (χ1n) is 10.7. The number of hydrogen-bond acceptors (Lipinski definition) is 2. The summed E-state index contributed by atoms with van der Waals surface area (Å²) < 4.78 is 8.00. The average molecular weight is 450 g/mol. The predicted octanol–water partition coefficient (Wildman–Crippen LogP) is 5.12. The SMILES string of the molecule is CC1(C)[C@H]2CC[C@]1(C)[C@H]1OC(c3ccccc3[Se]C/C=C/c3ccccc3)=N[C@@H]21. The molecule has 2 aromatic rings. The van der Waals surface area contributed by atoms with Gasteiger partial charge in [0, 0.05) is 0 Å². The fourth-order valence-corrected chi connectivity index (χ4v) is 7.49. The van der Waals surface area contributed by atoms with Gasteiger partial charge >= 0.3 is 181 Å². The molecule has 2 bridgehead atoms. The monoisotopic (exact) mass is 451 g/mol. The molecule has 0 unspecified atom stereocenters. The number of rotatable bonds is 5. The van der Waals surface area contributed by atoms with Crippen LogP contribution in [-0.4, -0.2) is 33.0 Å². The number of fused-ring (bicyclic) bond motifs is 5. The topological polar surface area (TPSA) is 21.6 Å². The van der Waals surface area contributed by atoms with Crippen molar-refractivity contribution in [3.05, 3.63) is 71.8 Å². The molecule has 0 saturated heterocycles. The van der Waals surface area contributed by atoms with E-state index in [-0.39, 0.29) is 11.5 Å². The summed E-state index contributed by atoms with van der Waals surface area (Å²) in [6.07, 6.45) is 7.33. The Morgan fingerprint density at radius 1 is 1.07 bits per heavy atom. The van der Waals surface area contributed by atoms with Gasteiger partial charge in [-0.2, -0.15) is 0 Å². The van der Waals surface area contributed by atoms with Crippen LogP contribution in [0.5, 0.6) is 0 Å². The van der Waals surface area contributed by atoms with Crippen LogP contribution in [0.2, 0.25) is 5.32 Å². The zero-order valence-corrected chi connectivity index (χ0v) is 19.2. The molecule has 2 nitrogen and oxygen atoms in total. The Hall–Kier alpha value is -1.83. The molecular weight excluding hydrogens is 421 g/mol. The van der Waals surface area contributed by atoms with Gasteiger partial charge in [0.1, 0.15) is 0 Å². The second-order valence-corrected chi connectivity index (χ2v) is 11.6. The number of nitrogens with zero attached hydrogens (tertiary/aromatic N) is 1. The number of hydrogen-bond donors (Lipinski definition) is 0. The van der Waals surface area contributed by atoms with E-state index in [0.717, 1.165) is 11.2 Å². The van der Waals surface area contributed by atoms with Crippen LogP contribution < -0.4 is 4.46 Å². The summed E-state index contributed by atoms with van der Waals surface area (Å²) in [5, 5.41) is 1.08. The summed E-state index contributed by atoms with van der Waals surface area (Å²) in [4.78, 5) is 5.17. The van der Waals surface area contributed by atoms with Crippen molar-refractivity contribution < 1.29 is 4.74 Å². The van der Waals surface area contributed by atoms with Crippen molar-refractivity contribution in [2.75, 3.05) is 0 Å². The standard InChI is InChI=1S/C26H29NOSe/c1-25(2)20-15-16-26(25,3)23-22(20)27-24(28-23)19-13-7-8-14-21(19)29-17-9-12-18-10-5-4-6-11-18/h4-14,20,22-23H,15-17H2,1-3H3/b12-9+/t20-,22-,23-,26+/m0/s1. The average Bonchev–Trinajstić information content (AvgIpc) is 3.31. The Morgan fingerprint density at radius 3 is 2.62 bits per heavy atom. The first kappa shape index (κ1) is 19.2. The summed E-state index contributed by atoms with van der Waals surface area (Å²) in [7, 11) is 0. The van der Waals surface area contributed by atoms with Crippen molar-refractivity contribution >= 4 is 31.4 Å². The van der Waals surface area contributed by atoms with Crippen LogP contribution in [0.1, 0.15) is 44.7 Å². The molecule has 1 aliphatic heterocycles. The number of ether oxygens (including phenoxy) is 1. The van der Waals surface area contributed by atoms with E-state index in [2.05, 4.69) is 87.5 Å². The van der Waals surface area contributed by atoms with Gasteiger partial charge in [0.25, 0.3) is 0 Å². The molecule has 5 rings (SSSR count). The van der Waals surface area contributed by atoms with Gasteiger partial charge in [0.15, 0.2) is 0 Å². The molecule has 1 heterocycles. The molecule has 0 spiro atoms. The van der Waals surface area contributed by atoms with Gasteiger partial charge in [-0.3, -0.25) is 0 Å². The zero-order chi connectivity index (χ0) is 20.1. The Labute approximate surface area is 180 Å². The molecule has 0 radical (unpaired) electrons. The van der Waals surface area contributed by atoms with Crippen molar-refractivity contribution in [3.8, 4) is 0 Å². The van der Waals surface area contributed by atoms with Crippen LogP contribution in [0.25, 0.3) is 6.08 Å². The summed E-state index contributed by atoms with van der Waals surface area (Å²) in [5.74, 6) is 1.56. The van der Waals surface area contributed by atoms with E-state index in [1.807, 2.05) is 0 Å². The number of aliphatic imine (C=N–C) groups is 1. The van der Waals surface area contributed by atoms with Gasteiger partial charge in [-0.15, -0.1) is 0 Å². The third-order valence-corrected chi connectivity index (χ3v) is 9.94. The quantitative estimate of drug-likeness (QED) is 0.580. The zero-order valence-electron chi connectivity index (χ0n) is 17.5. The molecule has 0 N–H and O–H groups in total. The van der Waals surface area contributed by atoms with Crippen LogP contribution in [0.15, 0.2) is 65.7 Å². The first-order chi connectivity index (χ1) is 14.0. The van der Waals surface area contributed by atoms with Crippen LogP contribution in [-0.2, 0) is 4.74 Å². The molecule has 29 heavy (non-hydrogen) atoms. The van der Waals surface area contributed by atoms with E-state index >= 15 is 0 Å². The van der Waals surface area contributed by atoms with E-state index in [9.17, 15) is 0 Å². The summed E-state index contributed by atoms with van der Waals surface area (Å²) in [6.45, 7) is 7.29. The number of benzene rings is 2. The second-order valence-electron chi connectivity index (χ2n) is 9.37. The minimum absolute atomic E-state index is 0.242. The van der Waals surface area contributed by atoms with Gasteiger partial charge in [0.05, 0.1) is 0 Å². The van der Waals surface area contributed by atoms with Crippen molar-refractivity contribution in [1.82, 2.24) is 0 Å². The molecule has 0 amide bonds. The Bertz CT molecular complexity index is 964. The minimum atomic E-state index is 0.242. The van der Waals surface area contributed by atoms with E-state index in [1.54, 1.807) is 0 Å². The number of allylic oxidation sites excluding steroid dienone is 1. The van der Waals surface area contributed by atoms with Gasteiger partial charge in [-0.05, 0) is 0 Å². The van der Waals surface area contributed by atoms with Crippen molar-refractivity contribution in [2.45, 2.75) is 51.1 Å². The Balaban J connectivity index is 1.33. The van der Waals surface area contributed by atoms with Crippen LogP contribution in [0, 0.1) is 16.7 Å². The predicted molar refractivity (Wildman–Crippen MR) is 122 cm³/mol. The maximum atomic E-state index is 6.60. The fourth-order valence-electron chi connectivity index (χ4n) is 5.69. The van der Waals surface area contributed by atoms with E-state index < -0.39 is 0 Å². The molecule has 2 saturated carbocycles. The van der Waals surface area contributed by atoms with Gasteiger partial charge in [-0.1, -0.05) is 0 Å². The second kappa shape index (κ2) is 7.14. The molecule has 2 aliphatic carbocycles. The maximum absolute atomic E-state index is 6.60. The van der Waals surface area contributed by atoms with Gasteiger partial charge in [0.2, 0.25) is 0 Å². The Morgan fingerprint density at radius 2 is 1.83 bits per heavy atom. The van der Waals surface area contributed by atoms with Gasteiger partial charge in [-0.25, -0.2) is 0 Å². The van der Waals surface area contributed by atoms with Crippen molar-refractivity contribution in [3.63, 3.8) is 0 Å². The molecule has 150 valence electrons. The molecular formula is C26H29NOSe. The van der Waals surface area contributed by atoms with Crippen LogP contribution >= 0.6 is 0 Å². The van der Waals surface area contributed by atoms with Gasteiger partial charge < -0.3 is 0 Å². The van der Waals surface area contributed by atoms with Crippen molar-refractivity contribution in [2.24, 2.45) is 21.7 Å². The van der Waals surface area contributed by atoms with E-state index in [1.165, 1.54) is 28.4 Å². The first-order valence-corrected chi connectivity index (χ1v) is 12.8.